The fourth-order valence-corrected chi connectivity index (χ4v) is 3.40. The zero-order valence-electron chi connectivity index (χ0n) is 12.8. The van der Waals surface area contributed by atoms with Gasteiger partial charge >= 0.3 is 6.18 Å². The summed E-state index contributed by atoms with van der Waals surface area (Å²) in [6.07, 6.45) is -4.76. The molecule has 26 heavy (non-hydrogen) atoms. The highest BCUT2D eigenvalue weighted by atomic mass is 35.5. The highest BCUT2D eigenvalue weighted by Gasteiger charge is 2.32. The molecule has 0 heterocycles. The average Bonchev–Trinajstić information content (AvgIpc) is 2.52. The lowest BCUT2D eigenvalue weighted by Crippen LogP contribution is -2.33. The zero-order chi connectivity index (χ0) is 19.5. The summed E-state index contributed by atoms with van der Waals surface area (Å²) in [6, 6.07) is 6.67. The van der Waals surface area contributed by atoms with Gasteiger partial charge in [0.05, 0.1) is 17.1 Å². The number of hydrogen-bond acceptors (Lipinski definition) is 3. The largest absolute Gasteiger partial charge is 0.416 e. The van der Waals surface area contributed by atoms with Crippen molar-refractivity contribution in [3.63, 3.8) is 0 Å². The minimum atomic E-state index is -4.76. The fraction of sp³-hybridized carbons (Fsp3) is 0.133. The van der Waals surface area contributed by atoms with Crippen LogP contribution >= 0.6 is 11.6 Å². The first-order valence-corrected chi connectivity index (χ1v) is 8.77. The van der Waals surface area contributed by atoms with Crippen molar-refractivity contribution in [1.82, 2.24) is 4.72 Å². The van der Waals surface area contributed by atoms with Crippen LogP contribution in [0.4, 0.5) is 23.2 Å². The van der Waals surface area contributed by atoms with Gasteiger partial charge in [-0.15, -0.1) is 0 Å². The number of carbonyl (C=O) groups is 1. The van der Waals surface area contributed by atoms with Crippen LogP contribution in [0.1, 0.15) is 5.56 Å². The molecule has 2 aromatic carbocycles. The highest BCUT2D eigenvalue weighted by Crippen LogP contribution is 2.33. The molecular formula is C15H11ClF4N2O3S. The molecule has 0 atom stereocenters. The van der Waals surface area contributed by atoms with Gasteiger partial charge in [0.15, 0.2) is 0 Å². The van der Waals surface area contributed by atoms with E-state index in [1.165, 1.54) is 12.1 Å². The molecule has 1 amide bonds. The SMILES string of the molecule is O=C(CNS(=O)(=O)c1cc(C(F)(F)F)ccc1Cl)Nc1cccc(F)c1. The molecule has 0 saturated carbocycles. The number of hydrogen-bond donors (Lipinski definition) is 2. The van der Waals surface area contributed by atoms with Crippen molar-refractivity contribution in [2.75, 3.05) is 11.9 Å². The second kappa shape index (κ2) is 7.60. The van der Waals surface area contributed by atoms with E-state index in [9.17, 15) is 30.8 Å². The molecule has 0 aliphatic heterocycles. The maximum absolute atomic E-state index is 13.0. The number of amides is 1. The third-order valence-corrected chi connectivity index (χ3v) is 4.96. The van der Waals surface area contributed by atoms with Crippen LogP contribution in [0.5, 0.6) is 0 Å². The monoisotopic (exact) mass is 410 g/mol. The molecule has 0 aromatic heterocycles. The normalized spacial score (nSPS) is 12.0. The lowest BCUT2D eigenvalue weighted by atomic mass is 10.2. The Hall–Kier alpha value is -2.17. The number of nitrogens with one attached hydrogen (secondary N) is 2. The minimum absolute atomic E-state index is 0.0892. The van der Waals surface area contributed by atoms with Gasteiger partial charge < -0.3 is 5.32 Å². The molecule has 11 heteroatoms. The molecule has 0 spiro atoms. The average molecular weight is 411 g/mol. The van der Waals surface area contributed by atoms with Crippen LogP contribution in [0.25, 0.3) is 0 Å². The van der Waals surface area contributed by atoms with E-state index in [0.717, 1.165) is 18.2 Å². The maximum atomic E-state index is 13.0. The quantitative estimate of drug-likeness (QED) is 0.742. The maximum Gasteiger partial charge on any atom is 0.416 e. The second-order valence-corrected chi connectivity index (χ2v) is 7.17. The molecule has 2 N–H and O–H groups in total. The molecule has 140 valence electrons. The Morgan fingerprint density at radius 2 is 1.81 bits per heavy atom. The Morgan fingerprint density at radius 3 is 2.42 bits per heavy atom. The summed E-state index contributed by atoms with van der Waals surface area (Å²) < 4.78 is 77.3. The van der Waals surface area contributed by atoms with Crippen molar-refractivity contribution in [2.24, 2.45) is 0 Å². The molecule has 0 saturated heterocycles. The van der Waals surface area contributed by atoms with E-state index >= 15 is 0 Å². The number of sulfonamides is 1. The van der Waals surface area contributed by atoms with Gasteiger partial charge in [0.25, 0.3) is 0 Å². The number of alkyl halides is 3. The van der Waals surface area contributed by atoms with Crippen LogP contribution in [0.2, 0.25) is 5.02 Å². The third-order valence-electron chi connectivity index (χ3n) is 3.08. The van der Waals surface area contributed by atoms with Crippen LogP contribution in [-0.4, -0.2) is 20.9 Å². The van der Waals surface area contributed by atoms with Gasteiger partial charge in [0.2, 0.25) is 15.9 Å². The second-order valence-electron chi connectivity index (χ2n) is 5.03. The van der Waals surface area contributed by atoms with Gasteiger partial charge in [-0.1, -0.05) is 17.7 Å². The lowest BCUT2D eigenvalue weighted by Gasteiger charge is -2.12. The number of benzene rings is 2. The Labute approximate surface area is 151 Å². The standard InChI is InChI=1S/C15H11ClF4N2O3S/c16-12-5-4-9(15(18,19)20)6-13(12)26(24,25)21-8-14(23)22-11-3-1-2-10(17)7-11/h1-7,21H,8H2,(H,22,23). The molecule has 0 fully saturated rings. The van der Waals surface area contributed by atoms with Gasteiger partial charge in [-0.2, -0.15) is 13.2 Å². The molecule has 2 aromatic rings. The molecule has 0 radical (unpaired) electrons. The predicted molar refractivity (Wildman–Crippen MR) is 86.7 cm³/mol. The summed E-state index contributed by atoms with van der Waals surface area (Å²) >= 11 is 5.66. The Kier molecular flexibility index (Phi) is 5.89. The molecular weight excluding hydrogens is 400 g/mol. The van der Waals surface area contributed by atoms with Crippen molar-refractivity contribution in [3.8, 4) is 0 Å². The van der Waals surface area contributed by atoms with E-state index in [1.54, 1.807) is 0 Å². The van der Waals surface area contributed by atoms with Crippen LogP contribution in [0.15, 0.2) is 47.4 Å². The Bertz CT molecular complexity index is 933. The first-order valence-electron chi connectivity index (χ1n) is 6.91. The number of anilines is 1. The first-order chi connectivity index (χ1) is 12.0. The van der Waals surface area contributed by atoms with E-state index in [0.29, 0.717) is 12.1 Å². The van der Waals surface area contributed by atoms with Gasteiger partial charge in [0, 0.05) is 5.69 Å². The molecule has 0 aliphatic rings. The van der Waals surface area contributed by atoms with E-state index < -0.39 is 50.0 Å². The summed E-state index contributed by atoms with van der Waals surface area (Å²) in [5.74, 6) is -1.46. The zero-order valence-corrected chi connectivity index (χ0v) is 14.3. The van der Waals surface area contributed by atoms with Gasteiger partial charge in [-0.05, 0) is 36.4 Å². The predicted octanol–water partition coefficient (Wildman–Crippen LogP) is 3.41. The van der Waals surface area contributed by atoms with Gasteiger partial charge in [-0.25, -0.2) is 17.5 Å². The number of carbonyl (C=O) groups excluding carboxylic acids is 1. The Balaban J connectivity index is 2.12. The summed E-state index contributed by atoms with van der Waals surface area (Å²) in [5.41, 5.74) is -1.11. The molecule has 5 nitrogen and oxygen atoms in total. The molecule has 0 bridgehead atoms. The topological polar surface area (TPSA) is 75.3 Å². The van der Waals surface area contributed by atoms with Crippen LogP contribution in [-0.2, 0) is 21.0 Å². The summed E-state index contributed by atoms with van der Waals surface area (Å²) in [6.45, 7) is -0.786. The number of halogens is 5. The van der Waals surface area contributed by atoms with E-state index in [4.69, 9.17) is 11.6 Å². The Morgan fingerprint density at radius 1 is 1.12 bits per heavy atom. The minimum Gasteiger partial charge on any atom is -0.325 e. The molecule has 0 aliphatic carbocycles. The van der Waals surface area contributed by atoms with Crippen molar-refractivity contribution >= 4 is 33.2 Å². The van der Waals surface area contributed by atoms with Gasteiger partial charge in [-0.3, -0.25) is 4.79 Å². The van der Waals surface area contributed by atoms with Crippen LogP contribution < -0.4 is 10.0 Å². The van der Waals surface area contributed by atoms with E-state index in [1.807, 2.05) is 4.72 Å². The van der Waals surface area contributed by atoms with Crippen molar-refractivity contribution in [3.05, 3.63) is 58.9 Å². The van der Waals surface area contributed by atoms with E-state index in [2.05, 4.69) is 5.32 Å². The first kappa shape index (κ1) is 20.1. The lowest BCUT2D eigenvalue weighted by molar-refractivity contribution is -0.137. The van der Waals surface area contributed by atoms with Gasteiger partial charge in [0.1, 0.15) is 10.7 Å². The summed E-state index contributed by atoms with van der Waals surface area (Å²) in [7, 11) is -4.49. The van der Waals surface area contributed by atoms with Crippen LogP contribution in [0, 0.1) is 5.82 Å². The third kappa shape index (κ3) is 5.16. The number of rotatable bonds is 5. The molecule has 0 unspecified atom stereocenters. The van der Waals surface area contributed by atoms with Crippen molar-refractivity contribution < 1.29 is 30.8 Å². The molecule has 2 rings (SSSR count). The smallest absolute Gasteiger partial charge is 0.325 e. The van der Waals surface area contributed by atoms with E-state index in [-0.39, 0.29) is 5.69 Å². The van der Waals surface area contributed by atoms with Crippen molar-refractivity contribution in [1.29, 1.82) is 0 Å². The summed E-state index contributed by atoms with van der Waals surface area (Å²) in [5, 5.41) is 1.80. The van der Waals surface area contributed by atoms with Crippen LogP contribution in [0.3, 0.4) is 0 Å². The summed E-state index contributed by atoms with van der Waals surface area (Å²) in [4.78, 5) is 10.9. The highest BCUT2D eigenvalue weighted by molar-refractivity contribution is 7.89. The fourth-order valence-electron chi connectivity index (χ4n) is 1.90. The van der Waals surface area contributed by atoms with Crippen molar-refractivity contribution in [2.45, 2.75) is 11.1 Å².